The molecular weight excluding hydrogens is 402 g/mol. The van der Waals surface area contributed by atoms with E-state index in [0.717, 1.165) is 64.1 Å². The SMILES string of the molecule is CCc1nncn1CCNC(=NCC1(N2CCOCC2)CCCCC1)NC1CCCCC1. The van der Waals surface area contributed by atoms with Crippen LogP contribution in [0.2, 0.25) is 0 Å². The molecule has 2 aliphatic carbocycles. The van der Waals surface area contributed by atoms with Crippen LogP contribution in [0.1, 0.15) is 77.0 Å². The molecule has 4 rings (SSSR count). The Morgan fingerprint density at radius 1 is 1.12 bits per heavy atom. The maximum Gasteiger partial charge on any atom is 0.191 e. The second kappa shape index (κ2) is 12.0. The van der Waals surface area contributed by atoms with Crippen LogP contribution < -0.4 is 10.6 Å². The summed E-state index contributed by atoms with van der Waals surface area (Å²) in [6.07, 6.45) is 15.8. The van der Waals surface area contributed by atoms with Crippen molar-refractivity contribution in [3.63, 3.8) is 0 Å². The van der Waals surface area contributed by atoms with Crippen LogP contribution in [0.15, 0.2) is 11.3 Å². The zero-order valence-electron chi connectivity index (χ0n) is 20.0. The first kappa shape index (κ1) is 23.5. The highest BCUT2D eigenvalue weighted by atomic mass is 16.5. The minimum atomic E-state index is 0.201. The molecule has 0 amide bonds. The van der Waals surface area contributed by atoms with Gasteiger partial charge in [-0.15, -0.1) is 10.2 Å². The lowest BCUT2D eigenvalue weighted by atomic mass is 9.80. The van der Waals surface area contributed by atoms with Gasteiger partial charge in [0, 0.05) is 44.2 Å². The zero-order chi connectivity index (χ0) is 22.1. The lowest BCUT2D eigenvalue weighted by Gasteiger charge is -2.47. The fraction of sp³-hybridized carbons (Fsp3) is 0.875. The number of nitrogens with zero attached hydrogens (tertiary/aromatic N) is 5. The van der Waals surface area contributed by atoms with Crippen LogP contribution in [0.3, 0.4) is 0 Å². The number of aromatic nitrogens is 3. The van der Waals surface area contributed by atoms with Gasteiger partial charge in [-0.05, 0) is 25.7 Å². The number of guanidine groups is 1. The number of nitrogens with one attached hydrogen (secondary N) is 2. The summed E-state index contributed by atoms with van der Waals surface area (Å²) in [5, 5.41) is 15.7. The number of aliphatic imine (C=N–C) groups is 1. The second-order valence-corrected chi connectivity index (χ2v) is 9.75. The van der Waals surface area contributed by atoms with Crippen molar-refractivity contribution in [3.8, 4) is 0 Å². The summed E-state index contributed by atoms with van der Waals surface area (Å²) in [7, 11) is 0. The van der Waals surface area contributed by atoms with Crippen molar-refractivity contribution in [2.45, 2.75) is 95.7 Å². The van der Waals surface area contributed by atoms with Crippen LogP contribution in [-0.2, 0) is 17.7 Å². The molecule has 1 aliphatic heterocycles. The van der Waals surface area contributed by atoms with E-state index < -0.39 is 0 Å². The lowest BCUT2D eigenvalue weighted by molar-refractivity contribution is -0.0333. The maximum absolute atomic E-state index is 5.65. The van der Waals surface area contributed by atoms with Gasteiger partial charge >= 0.3 is 0 Å². The van der Waals surface area contributed by atoms with Crippen molar-refractivity contribution < 1.29 is 4.74 Å². The standard InChI is InChI=1S/C24H43N7O/c1-2-22-29-27-20-30(22)14-13-25-23(28-21-9-5-3-6-10-21)26-19-24(11-7-4-8-12-24)31-15-17-32-18-16-31/h20-21H,2-19H2,1H3,(H2,25,26,28). The summed E-state index contributed by atoms with van der Waals surface area (Å²) >= 11 is 0. The highest BCUT2D eigenvalue weighted by Crippen LogP contribution is 2.34. The number of ether oxygens (including phenoxy) is 1. The molecule has 0 spiro atoms. The monoisotopic (exact) mass is 445 g/mol. The van der Waals surface area contributed by atoms with E-state index in [9.17, 15) is 0 Å². The van der Waals surface area contributed by atoms with Gasteiger partial charge in [0.1, 0.15) is 12.2 Å². The highest BCUT2D eigenvalue weighted by molar-refractivity contribution is 5.80. The Labute approximate surface area is 193 Å². The molecule has 0 unspecified atom stereocenters. The van der Waals surface area contributed by atoms with Crippen molar-refractivity contribution in [1.29, 1.82) is 0 Å². The second-order valence-electron chi connectivity index (χ2n) is 9.75. The number of hydrogen-bond donors (Lipinski definition) is 2. The van der Waals surface area contributed by atoms with Crippen LogP contribution in [0, 0.1) is 0 Å². The molecule has 3 fully saturated rings. The normalized spacial score (nSPS) is 23.2. The average molecular weight is 446 g/mol. The number of hydrogen-bond acceptors (Lipinski definition) is 5. The quantitative estimate of drug-likeness (QED) is 0.473. The molecule has 0 bridgehead atoms. The first-order valence-electron chi connectivity index (χ1n) is 13.0. The Morgan fingerprint density at radius 2 is 1.88 bits per heavy atom. The van der Waals surface area contributed by atoms with E-state index in [1.807, 2.05) is 6.33 Å². The molecule has 1 saturated heterocycles. The molecule has 0 aromatic carbocycles. The number of aryl methyl sites for hydroxylation is 1. The first-order chi connectivity index (χ1) is 15.8. The fourth-order valence-corrected chi connectivity index (χ4v) is 5.68. The predicted molar refractivity (Wildman–Crippen MR) is 128 cm³/mol. The summed E-state index contributed by atoms with van der Waals surface area (Å²) in [6, 6.07) is 0.543. The number of rotatable bonds is 8. The molecule has 2 N–H and O–H groups in total. The molecule has 1 aromatic heterocycles. The average Bonchev–Trinajstić information content (AvgIpc) is 3.32. The lowest BCUT2D eigenvalue weighted by Crippen LogP contribution is -2.57. The van der Waals surface area contributed by atoms with Crippen LogP contribution >= 0.6 is 0 Å². The van der Waals surface area contributed by atoms with Gasteiger partial charge in [0.2, 0.25) is 0 Å². The highest BCUT2D eigenvalue weighted by Gasteiger charge is 2.38. The van der Waals surface area contributed by atoms with E-state index in [1.165, 1.54) is 64.2 Å². The van der Waals surface area contributed by atoms with Gasteiger partial charge in [-0.3, -0.25) is 9.89 Å². The molecule has 3 aliphatic rings. The molecule has 8 nitrogen and oxygen atoms in total. The Hall–Kier alpha value is -1.67. The van der Waals surface area contributed by atoms with Crippen LogP contribution in [-0.4, -0.2) is 76.6 Å². The zero-order valence-corrected chi connectivity index (χ0v) is 20.0. The molecule has 8 heteroatoms. The Morgan fingerprint density at radius 3 is 2.62 bits per heavy atom. The third-order valence-electron chi connectivity index (χ3n) is 7.60. The maximum atomic E-state index is 5.65. The largest absolute Gasteiger partial charge is 0.379 e. The fourth-order valence-electron chi connectivity index (χ4n) is 5.68. The molecule has 1 aromatic rings. The van der Waals surface area contributed by atoms with Crippen molar-refractivity contribution >= 4 is 5.96 Å². The third-order valence-corrected chi connectivity index (χ3v) is 7.60. The van der Waals surface area contributed by atoms with Crippen LogP contribution in [0.4, 0.5) is 0 Å². The summed E-state index contributed by atoms with van der Waals surface area (Å²) in [5.74, 6) is 2.03. The van der Waals surface area contributed by atoms with E-state index in [0.29, 0.717) is 6.04 Å². The van der Waals surface area contributed by atoms with Crippen LogP contribution in [0.5, 0.6) is 0 Å². The van der Waals surface area contributed by atoms with Crippen molar-refractivity contribution in [3.05, 3.63) is 12.2 Å². The Kier molecular flexibility index (Phi) is 8.79. The smallest absolute Gasteiger partial charge is 0.191 e. The van der Waals surface area contributed by atoms with Crippen molar-refractivity contribution in [1.82, 2.24) is 30.3 Å². The molecule has 180 valence electrons. The Bertz CT molecular complexity index is 701. The van der Waals surface area contributed by atoms with Crippen molar-refractivity contribution in [2.75, 3.05) is 39.4 Å². The van der Waals surface area contributed by atoms with Crippen molar-refractivity contribution in [2.24, 2.45) is 4.99 Å². The van der Waals surface area contributed by atoms with Gasteiger partial charge in [-0.25, -0.2) is 0 Å². The predicted octanol–water partition coefficient (Wildman–Crippen LogP) is 2.74. The Balaban J connectivity index is 1.42. The summed E-state index contributed by atoms with van der Waals surface area (Å²) in [6.45, 7) is 8.49. The van der Waals surface area contributed by atoms with E-state index in [1.54, 1.807) is 0 Å². The summed E-state index contributed by atoms with van der Waals surface area (Å²) in [4.78, 5) is 7.90. The molecule has 2 heterocycles. The third kappa shape index (κ3) is 6.22. The van der Waals surface area contributed by atoms with Gasteiger partial charge in [-0.2, -0.15) is 0 Å². The van der Waals surface area contributed by atoms with E-state index in [2.05, 4.69) is 37.2 Å². The van der Waals surface area contributed by atoms with Gasteiger partial charge in [0.05, 0.1) is 19.8 Å². The summed E-state index contributed by atoms with van der Waals surface area (Å²) < 4.78 is 7.79. The van der Waals surface area contributed by atoms with E-state index >= 15 is 0 Å². The minimum absolute atomic E-state index is 0.201. The first-order valence-corrected chi connectivity index (χ1v) is 13.0. The topological polar surface area (TPSA) is 79.6 Å². The van der Waals surface area contributed by atoms with Gasteiger partial charge in [0.15, 0.2) is 5.96 Å². The number of morpholine rings is 1. The molecular formula is C24H43N7O. The molecule has 32 heavy (non-hydrogen) atoms. The minimum Gasteiger partial charge on any atom is -0.379 e. The summed E-state index contributed by atoms with van der Waals surface area (Å²) in [5.41, 5.74) is 0.201. The van der Waals surface area contributed by atoms with E-state index in [-0.39, 0.29) is 5.54 Å². The van der Waals surface area contributed by atoms with Gasteiger partial charge in [0.25, 0.3) is 0 Å². The molecule has 0 radical (unpaired) electrons. The van der Waals surface area contributed by atoms with Crippen LogP contribution in [0.25, 0.3) is 0 Å². The molecule has 2 saturated carbocycles. The van der Waals surface area contributed by atoms with Gasteiger partial charge in [-0.1, -0.05) is 45.4 Å². The van der Waals surface area contributed by atoms with E-state index in [4.69, 9.17) is 9.73 Å². The molecule has 0 atom stereocenters. The van der Waals surface area contributed by atoms with Gasteiger partial charge < -0.3 is 19.9 Å².